The molecular formula is C24H31N5O3. The minimum Gasteiger partial charge on any atom is -0.490 e. The van der Waals surface area contributed by atoms with Crippen molar-refractivity contribution in [3.05, 3.63) is 65.5 Å². The van der Waals surface area contributed by atoms with Crippen LogP contribution in [-0.4, -0.2) is 29.1 Å². The maximum Gasteiger partial charge on any atom is 0.224 e. The second-order valence-electron chi connectivity index (χ2n) is 7.16. The van der Waals surface area contributed by atoms with Crippen LogP contribution >= 0.6 is 0 Å². The maximum atomic E-state index is 6.10. The highest BCUT2D eigenvalue weighted by atomic mass is 16.5. The van der Waals surface area contributed by atoms with Crippen molar-refractivity contribution < 1.29 is 13.9 Å². The molecule has 0 aliphatic heterocycles. The summed E-state index contributed by atoms with van der Waals surface area (Å²) in [6.45, 7) is 10.1. The predicted molar refractivity (Wildman–Crippen MR) is 124 cm³/mol. The molecule has 0 radical (unpaired) electrons. The van der Waals surface area contributed by atoms with Gasteiger partial charge in [0.05, 0.1) is 25.4 Å². The molecule has 2 heterocycles. The minimum atomic E-state index is 0.389. The third kappa shape index (κ3) is 6.47. The highest BCUT2D eigenvalue weighted by molar-refractivity contribution is 5.79. The Morgan fingerprint density at radius 3 is 2.59 bits per heavy atom. The van der Waals surface area contributed by atoms with E-state index in [-0.39, 0.29) is 0 Å². The number of aryl methyl sites for hydroxylation is 2. The number of rotatable bonds is 10. The Hall–Kier alpha value is -3.55. The Labute approximate surface area is 189 Å². The molecule has 8 heteroatoms. The quantitative estimate of drug-likeness (QED) is 0.356. The smallest absolute Gasteiger partial charge is 0.224 e. The molecule has 3 aromatic rings. The lowest BCUT2D eigenvalue weighted by molar-refractivity contribution is 0.300. The van der Waals surface area contributed by atoms with E-state index in [0.29, 0.717) is 48.9 Å². The third-order valence-electron chi connectivity index (χ3n) is 4.60. The van der Waals surface area contributed by atoms with E-state index in [1.54, 1.807) is 6.20 Å². The molecule has 0 unspecified atom stereocenters. The zero-order valence-electron chi connectivity index (χ0n) is 19.1. The molecule has 32 heavy (non-hydrogen) atoms. The maximum absolute atomic E-state index is 6.10. The molecule has 0 saturated carbocycles. The fourth-order valence-electron chi connectivity index (χ4n) is 2.89. The first-order valence-electron chi connectivity index (χ1n) is 10.9. The van der Waals surface area contributed by atoms with E-state index < -0.39 is 0 Å². The number of pyridine rings is 1. The van der Waals surface area contributed by atoms with Crippen molar-refractivity contribution in [2.45, 2.75) is 47.2 Å². The van der Waals surface area contributed by atoms with Crippen LogP contribution < -0.4 is 20.1 Å². The zero-order valence-corrected chi connectivity index (χ0v) is 19.1. The summed E-state index contributed by atoms with van der Waals surface area (Å²) >= 11 is 0. The van der Waals surface area contributed by atoms with Crippen molar-refractivity contribution in [1.29, 1.82) is 0 Å². The molecule has 1 aromatic carbocycles. The normalized spacial score (nSPS) is 11.3. The monoisotopic (exact) mass is 437 g/mol. The second-order valence-corrected chi connectivity index (χ2v) is 7.16. The molecule has 0 saturated heterocycles. The fourth-order valence-corrected chi connectivity index (χ4v) is 2.89. The van der Waals surface area contributed by atoms with Crippen LogP contribution in [0.5, 0.6) is 17.4 Å². The van der Waals surface area contributed by atoms with Crippen molar-refractivity contribution in [1.82, 2.24) is 20.6 Å². The number of hydrogen-bond acceptors (Lipinski definition) is 6. The molecule has 0 bridgehead atoms. The Bertz CT molecular complexity index is 1010. The van der Waals surface area contributed by atoms with E-state index >= 15 is 0 Å². The minimum absolute atomic E-state index is 0.389. The van der Waals surface area contributed by atoms with Crippen LogP contribution in [0.25, 0.3) is 0 Å². The lowest BCUT2D eigenvalue weighted by Crippen LogP contribution is -2.36. The second kappa shape index (κ2) is 11.7. The molecule has 0 atom stereocenters. The Morgan fingerprint density at radius 1 is 1.06 bits per heavy atom. The molecule has 0 aliphatic rings. The molecule has 0 aliphatic carbocycles. The number of nitrogens with one attached hydrogen (secondary N) is 2. The van der Waals surface area contributed by atoms with Gasteiger partial charge in [0.15, 0.2) is 17.5 Å². The average Bonchev–Trinajstić information content (AvgIpc) is 3.13. The van der Waals surface area contributed by atoms with Crippen LogP contribution in [0.4, 0.5) is 0 Å². The van der Waals surface area contributed by atoms with E-state index in [4.69, 9.17) is 13.9 Å². The van der Waals surface area contributed by atoms with Gasteiger partial charge in [-0.05, 0) is 45.4 Å². The highest BCUT2D eigenvalue weighted by Gasteiger charge is 2.11. The molecule has 2 aromatic heterocycles. The molecule has 8 nitrogen and oxygen atoms in total. The van der Waals surface area contributed by atoms with Gasteiger partial charge in [-0.25, -0.2) is 15.0 Å². The van der Waals surface area contributed by atoms with Gasteiger partial charge in [-0.2, -0.15) is 0 Å². The summed E-state index contributed by atoms with van der Waals surface area (Å²) in [5, 5.41) is 6.48. The summed E-state index contributed by atoms with van der Waals surface area (Å²) in [6, 6.07) is 11.4. The number of hydrogen-bond donors (Lipinski definition) is 2. The van der Waals surface area contributed by atoms with E-state index in [2.05, 4.69) is 32.5 Å². The van der Waals surface area contributed by atoms with Gasteiger partial charge in [0, 0.05) is 18.3 Å². The number of oxazole rings is 1. The van der Waals surface area contributed by atoms with Gasteiger partial charge in [0.25, 0.3) is 0 Å². The molecule has 0 fully saturated rings. The average molecular weight is 438 g/mol. The van der Waals surface area contributed by atoms with Gasteiger partial charge >= 0.3 is 0 Å². The van der Waals surface area contributed by atoms with E-state index in [9.17, 15) is 0 Å². The molecule has 170 valence electrons. The summed E-state index contributed by atoms with van der Waals surface area (Å²) in [6.07, 6.45) is 2.62. The topological polar surface area (TPSA) is 93.8 Å². The van der Waals surface area contributed by atoms with E-state index in [1.165, 1.54) is 0 Å². The Balaban J connectivity index is 1.72. The van der Waals surface area contributed by atoms with E-state index in [0.717, 1.165) is 30.0 Å². The summed E-state index contributed by atoms with van der Waals surface area (Å²) in [4.78, 5) is 13.5. The number of ether oxygens (including phenoxy) is 2. The fraction of sp³-hybridized carbons (Fsp3) is 0.375. The standard InChI is InChI=1S/C24H31N5O3/c1-5-14-30-20-11-7-8-12-21(20)32-23-19(10-9-13-26-23)15-27-24(25-6-2)28-16-22-29-17(3)18(4)31-22/h7-13H,5-6,14-16H2,1-4H3,(H2,25,27,28). The van der Waals surface area contributed by atoms with Crippen molar-refractivity contribution in [2.24, 2.45) is 4.99 Å². The molecule has 0 amide bonds. The first-order valence-corrected chi connectivity index (χ1v) is 10.9. The number of aliphatic imine (C=N–C) groups is 1. The van der Waals surface area contributed by atoms with Gasteiger partial charge < -0.3 is 24.5 Å². The lowest BCUT2D eigenvalue weighted by atomic mass is 10.2. The summed E-state index contributed by atoms with van der Waals surface area (Å²) in [5.74, 6) is 3.93. The summed E-state index contributed by atoms with van der Waals surface area (Å²) in [5.41, 5.74) is 1.75. The van der Waals surface area contributed by atoms with Crippen molar-refractivity contribution in [3.8, 4) is 17.4 Å². The number of aromatic nitrogens is 2. The number of para-hydroxylation sites is 2. The third-order valence-corrected chi connectivity index (χ3v) is 4.60. The van der Waals surface area contributed by atoms with Crippen molar-refractivity contribution in [2.75, 3.05) is 13.2 Å². The van der Waals surface area contributed by atoms with Crippen LogP contribution in [0.3, 0.4) is 0 Å². The van der Waals surface area contributed by atoms with Crippen molar-refractivity contribution in [3.63, 3.8) is 0 Å². The van der Waals surface area contributed by atoms with Gasteiger partial charge in [-0.1, -0.05) is 25.1 Å². The molecule has 3 rings (SSSR count). The van der Waals surface area contributed by atoms with E-state index in [1.807, 2.05) is 57.2 Å². The zero-order chi connectivity index (χ0) is 22.8. The van der Waals surface area contributed by atoms with Crippen LogP contribution in [0.2, 0.25) is 0 Å². The number of benzene rings is 1. The van der Waals surface area contributed by atoms with Crippen LogP contribution in [-0.2, 0) is 13.1 Å². The number of guanidine groups is 1. The Kier molecular flexibility index (Phi) is 8.48. The Morgan fingerprint density at radius 2 is 1.88 bits per heavy atom. The summed E-state index contributed by atoms with van der Waals surface area (Å²) < 4.78 is 17.5. The van der Waals surface area contributed by atoms with Crippen LogP contribution in [0.1, 0.15) is 43.2 Å². The van der Waals surface area contributed by atoms with Crippen LogP contribution in [0, 0.1) is 13.8 Å². The van der Waals surface area contributed by atoms with Crippen molar-refractivity contribution >= 4 is 5.96 Å². The van der Waals surface area contributed by atoms with Gasteiger partial charge in [-0.15, -0.1) is 0 Å². The molecular weight excluding hydrogens is 406 g/mol. The van der Waals surface area contributed by atoms with Gasteiger partial charge in [0.2, 0.25) is 11.8 Å². The first kappa shape index (κ1) is 23.1. The van der Waals surface area contributed by atoms with Gasteiger partial charge in [-0.3, -0.25) is 0 Å². The first-order chi connectivity index (χ1) is 15.6. The largest absolute Gasteiger partial charge is 0.490 e. The lowest BCUT2D eigenvalue weighted by Gasteiger charge is -2.14. The highest BCUT2D eigenvalue weighted by Crippen LogP contribution is 2.32. The molecule has 0 spiro atoms. The SMILES string of the molecule is CCCOc1ccccc1Oc1ncccc1CN=C(NCC)NCc1nc(C)c(C)o1. The predicted octanol–water partition coefficient (Wildman–Crippen LogP) is 4.52. The molecule has 2 N–H and O–H groups in total. The van der Waals surface area contributed by atoms with Crippen LogP contribution in [0.15, 0.2) is 52.0 Å². The number of nitrogens with zero attached hydrogens (tertiary/aromatic N) is 3. The van der Waals surface area contributed by atoms with Gasteiger partial charge in [0.1, 0.15) is 5.76 Å². The summed E-state index contributed by atoms with van der Waals surface area (Å²) in [7, 11) is 0.